The molecule has 0 aliphatic rings. The predicted molar refractivity (Wildman–Crippen MR) is 186 cm³/mol. The van der Waals surface area contributed by atoms with Crippen LogP contribution in [0.3, 0.4) is 0 Å². The lowest BCUT2D eigenvalue weighted by Gasteiger charge is -2.23. The summed E-state index contributed by atoms with van der Waals surface area (Å²) in [6.45, 7) is 2.58. The predicted octanol–water partition coefficient (Wildman–Crippen LogP) is 6.34. The van der Waals surface area contributed by atoms with Gasteiger partial charge in [-0.25, -0.2) is 0 Å². The highest BCUT2D eigenvalue weighted by atomic mass is 16.3. The summed E-state index contributed by atoms with van der Waals surface area (Å²) in [6, 6.07) is 29.2. The maximum absolute atomic E-state index is 14.6. The number of hydrogen-bond donors (Lipinski definition) is 2. The monoisotopic (exact) mass is 650 g/mol. The molecular weight excluding hydrogens is 616 g/mol. The molecule has 0 unspecified atom stereocenters. The molecule has 5 heterocycles. The fraction of sp³-hybridized carbons (Fsp3) is 0.154. The fourth-order valence-electron chi connectivity index (χ4n) is 6.18. The van der Waals surface area contributed by atoms with Gasteiger partial charge in [-0.1, -0.05) is 24.3 Å². The molecule has 10 heteroatoms. The van der Waals surface area contributed by atoms with Crippen molar-refractivity contribution in [2.24, 2.45) is 0 Å². The Hall–Kier alpha value is -5.97. The van der Waals surface area contributed by atoms with Crippen LogP contribution in [0.4, 0.5) is 0 Å². The molecule has 49 heavy (non-hydrogen) atoms. The van der Waals surface area contributed by atoms with Crippen molar-refractivity contribution in [3.63, 3.8) is 0 Å². The third kappa shape index (κ3) is 7.62. The molecule has 0 radical (unpaired) electrons. The van der Waals surface area contributed by atoms with Gasteiger partial charge in [-0.3, -0.25) is 34.5 Å². The molecule has 2 N–H and O–H groups in total. The third-order valence-corrected chi connectivity index (χ3v) is 8.25. The summed E-state index contributed by atoms with van der Waals surface area (Å²) in [5.41, 5.74) is 4.88. The van der Waals surface area contributed by atoms with Crippen LogP contribution in [0.25, 0.3) is 21.9 Å². The fourth-order valence-corrected chi connectivity index (χ4v) is 6.18. The highest BCUT2D eigenvalue weighted by Crippen LogP contribution is 2.31. The number of aromatic hydroxyl groups is 2. The van der Waals surface area contributed by atoms with E-state index in [0.29, 0.717) is 61.2 Å². The normalized spacial score (nSPS) is 11.6. The molecule has 244 valence electrons. The Kier molecular flexibility index (Phi) is 9.31. The largest absolute Gasteiger partial charge is 0.508 e. The highest BCUT2D eigenvalue weighted by Gasteiger charge is 2.21. The van der Waals surface area contributed by atoms with Crippen LogP contribution in [0.5, 0.6) is 11.5 Å². The first-order valence-corrected chi connectivity index (χ1v) is 16.0. The van der Waals surface area contributed by atoms with Gasteiger partial charge in [0.15, 0.2) is 0 Å². The number of hydrogen-bond acceptors (Lipinski definition) is 10. The number of phenolic OH excluding ortho intramolecular Hbond substituents is 2. The van der Waals surface area contributed by atoms with Crippen LogP contribution in [0.15, 0.2) is 131 Å². The summed E-state index contributed by atoms with van der Waals surface area (Å²) >= 11 is 0. The van der Waals surface area contributed by atoms with Gasteiger partial charge in [-0.05, 0) is 71.8 Å². The average molecular weight is 651 g/mol. The van der Waals surface area contributed by atoms with Gasteiger partial charge in [-0.15, -0.1) is 0 Å². The van der Waals surface area contributed by atoms with Crippen molar-refractivity contribution in [1.82, 2.24) is 29.7 Å². The summed E-state index contributed by atoms with van der Waals surface area (Å²) in [5, 5.41) is 22.3. The number of pyridine rings is 4. The Morgan fingerprint density at radius 3 is 1.14 bits per heavy atom. The number of fused-ring (bicyclic) bond motifs is 2. The van der Waals surface area contributed by atoms with Crippen LogP contribution < -0.4 is 5.43 Å². The van der Waals surface area contributed by atoms with Gasteiger partial charge in [-0.2, -0.15) is 0 Å². The SMILES string of the molecule is O=c1c2c(CN(Cc3ccccn3)Cc3ccccn3)cc(O)cc2oc2cc(O)cc(CN(Cc3ccccn3)Cc3ccccn3)c12. The topological polar surface area (TPSA) is 129 Å². The van der Waals surface area contributed by atoms with Crippen molar-refractivity contribution in [2.75, 3.05) is 0 Å². The van der Waals surface area contributed by atoms with Crippen molar-refractivity contribution >= 4 is 21.9 Å². The Morgan fingerprint density at radius 1 is 0.490 bits per heavy atom. The lowest BCUT2D eigenvalue weighted by atomic mass is 10.0. The van der Waals surface area contributed by atoms with Gasteiger partial charge in [0.2, 0.25) is 5.43 Å². The van der Waals surface area contributed by atoms with Crippen LogP contribution in [-0.4, -0.2) is 39.9 Å². The Labute approximate surface area is 282 Å². The van der Waals surface area contributed by atoms with Gasteiger partial charge in [0.25, 0.3) is 0 Å². The maximum atomic E-state index is 14.6. The molecule has 7 rings (SSSR count). The molecule has 0 aliphatic heterocycles. The van der Waals surface area contributed by atoms with Gasteiger partial charge in [0, 0.05) is 76.2 Å². The van der Waals surface area contributed by atoms with Crippen LogP contribution in [0.1, 0.15) is 33.9 Å². The lowest BCUT2D eigenvalue weighted by molar-refractivity contribution is 0.242. The first-order chi connectivity index (χ1) is 24.0. The van der Waals surface area contributed by atoms with Crippen molar-refractivity contribution in [3.8, 4) is 11.5 Å². The third-order valence-electron chi connectivity index (χ3n) is 8.25. The van der Waals surface area contributed by atoms with E-state index in [2.05, 4.69) is 29.7 Å². The van der Waals surface area contributed by atoms with Gasteiger partial charge >= 0.3 is 0 Å². The summed E-state index contributed by atoms with van der Waals surface area (Å²) in [7, 11) is 0. The van der Waals surface area contributed by atoms with Crippen LogP contribution >= 0.6 is 0 Å². The molecule has 0 bridgehead atoms. The van der Waals surface area contributed by atoms with Crippen molar-refractivity contribution in [2.45, 2.75) is 39.3 Å². The first kappa shape index (κ1) is 31.6. The van der Waals surface area contributed by atoms with E-state index < -0.39 is 0 Å². The highest BCUT2D eigenvalue weighted by molar-refractivity contribution is 5.94. The van der Waals surface area contributed by atoms with Crippen LogP contribution in [0, 0.1) is 0 Å². The number of rotatable bonds is 12. The number of aromatic nitrogens is 4. The van der Waals surface area contributed by atoms with E-state index >= 15 is 0 Å². The minimum Gasteiger partial charge on any atom is -0.508 e. The molecule has 0 spiro atoms. The number of phenols is 2. The minimum absolute atomic E-state index is 0.0297. The summed E-state index contributed by atoms with van der Waals surface area (Å²) < 4.78 is 6.30. The molecule has 0 aliphatic carbocycles. The van der Waals surface area contributed by atoms with E-state index in [0.717, 1.165) is 22.8 Å². The van der Waals surface area contributed by atoms with Gasteiger partial charge in [0.05, 0.1) is 33.5 Å². The van der Waals surface area contributed by atoms with Crippen LogP contribution in [0.2, 0.25) is 0 Å². The van der Waals surface area contributed by atoms with E-state index in [1.807, 2.05) is 72.8 Å². The maximum Gasteiger partial charge on any atom is 0.201 e. The van der Waals surface area contributed by atoms with Gasteiger partial charge in [0.1, 0.15) is 22.7 Å². The van der Waals surface area contributed by atoms with Crippen molar-refractivity contribution in [1.29, 1.82) is 0 Å². The molecule has 0 fully saturated rings. The van der Waals surface area contributed by atoms with Crippen LogP contribution in [-0.2, 0) is 39.3 Å². The Morgan fingerprint density at radius 2 is 0.837 bits per heavy atom. The molecular formula is C39H34N6O4. The van der Waals surface area contributed by atoms with E-state index in [9.17, 15) is 15.0 Å². The van der Waals surface area contributed by atoms with Gasteiger partial charge < -0.3 is 14.6 Å². The van der Waals surface area contributed by atoms with E-state index in [1.54, 1.807) is 36.9 Å². The number of nitrogens with zero attached hydrogens (tertiary/aromatic N) is 6. The Bertz CT molecular complexity index is 2000. The second-order valence-electron chi connectivity index (χ2n) is 12.0. The standard InChI is InChI=1S/C39H34N6O4/c46-33-17-27(21-44(23-29-9-1-5-13-40-29)24-30-10-2-6-14-41-30)37-35(19-33)49-36-20-34(47)18-28(38(36)39(37)48)22-45(25-31-11-3-7-15-42-31)26-32-12-4-8-16-43-32/h1-20,46-47H,21-26H2. The second kappa shape index (κ2) is 14.4. The smallest absolute Gasteiger partial charge is 0.201 e. The molecule has 0 atom stereocenters. The molecule has 0 saturated carbocycles. The van der Waals surface area contributed by atoms with E-state index in [4.69, 9.17) is 4.42 Å². The molecule has 7 aromatic rings. The first-order valence-electron chi connectivity index (χ1n) is 16.0. The zero-order valence-electron chi connectivity index (χ0n) is 26.7. The minimum atomic E-state index is -0.243. The van der Waals surface area contributed by atoms with E-state index in [1.165, 1.54) is 12.1 Å². The lowest BCUT2D eigenvalue weighted by Crippen LogP contribution is -2.25. The summed E-state index contributed by atoms with van der Waals surface area (Å²) in [6.07, 6.45) is 7.00. The second-order valence-corrected chi connectivity index (χ2v) is 12.0. The van der Waals surface area contributed by atoms with Crippen molar-refractivity contribution < 1.29 is 14.6 Å². The number of benzene rings is 2. The summed E-state index contributed by atoms with van der Waals surface area (Å²) in [4.78, 5) is 37.0. The van der Waals surface area contributed by atoms with Crippen molar-refractivity contribution in [3.05, 3.63) is 166 Å². The zero-order chi connectivity index (χ0) is 33.6. The molecule has 2 aromatic carbocycles. The zero-order valence-corrected chi connectivity index (χ0v) is 26.7. The average Bonchev–Trinajstić information content (AvgIpc) is 3.09. The quantitative estimate of drug-likeness (QED) is 0.145. The molecule has 0 saturated heterocycles. The molecule has 10 nitrogen and oxygen atoms in total. The molecule has 5 aromatic heterocycles. The summed E-state index contributed by atoms with van der Waals surface area (Å²) in [5.74, 6) is -0.0595. The molecule has 0 amide bonds. The Balaban J connectivity index is 1.31. The van der Waals surface area contributed by atoms with E-state index in [-0.39, 0.29) is 28.1 Å².